The molecule has 0 unspecified atom stereocenters. The van der Waals surface area contributed by atoms with E-state index in [2.05, 4.69) is 21.0 Å². The summed E-state index contributed by atoms with van der Waals surface area (Å²) in [5.41, 5.74) is 3.57. The van der Waals surface area contributed by atoms with Crippen molar-refractivity contribution in [3.63, 3.8) is 0 Å². The molecule has 1 aromatic carbocycles. The van der Waals surface area contributed by atoms with Crippen LogP contribution >= 0.6 is 11.3 Å². The van der Waals surface area contributed by atoms with Gasteiger partial charge in [0.05, 0.1) is 28.1 Å². The van der Waals surface area contributed by atoms with E-state index >= 15 is 0 Å². The van der Waals surface area contributed by atoms with Crippen LogP contribution in [0.3, 0.4) is 0 Å². The summed E-state index contributed by atoms with van der Waals surface area (Å²) in [6.45, 7) is 1.91. The molecule has 0 saturated heterocycles. The van der Waals surface area contributed by atoms with E-state index in [9.17, 15) is 0 Å². The molecule has 0 radical (unpaired) electrons. The smallest absolute Gasteiger partial charge is 0.132 e. The van der Waals surface area contributed by atoms with Crippen molar-refractivity contribution in [1.29, 1.82) is 5.26 Å². The van der Waals surface area contributed by atoms with Gasteiger partial charge in [0, 0.05) is 5.56 Å². The zero-order valence-corrected chi connectivity index (χ0v) is 9.88. The minimum atomic E-state index is 0.654. The number of aryl methyl sites for hydroxylation is 1. The molecule has 2 heterocycles. The lowest BCUT2D eigenvalue weighted by Crippen LogP contribution is -1.82. The van der Waals surface area contributed by atoms with Crippen molar-refractivity contribution in [2.24, 2.45) is 0 Å². The number of hydrogen-bond acceptors (Lipinski definition) is 4. The van der Waals surface area contributed by atoms with Crippen LogP contribution in [0.25, 0.3) is 22.3 Å². The van der Waals surface area contributed by atoms with Crippen LogP contribution in [-0.4, -0.2) is 15.0 Å². The fourth-order valence-corrected chi connectivity index (χ4v) is 2.52. The summed E-state index contributed by atoms with van der Waals surface area (Å²) in [4.78, 5) is 12.3. The van der Waals surface area contributed by atoms with Gasteiger partial charge in [0.15, 0.2) is 0 Å². The molecule has 0 aliphatic carbocycles. The van der Waals surface area contributed by atoms with Crippen LogP contribution in [0, 0.1) is 18.3 Å². The molecule has 5 heteroatoms. The number of imidazole rings is 1. The molecule has 2 aromatic heterocycles. The number of aromatic nitrogens is 3. The van der Waals surface area contributed by atoms with E-state index < -0.39 is 0 Å². The van der Waals surface area contributed by atoms with E-state index in [1.165, 1.54) is 11.3 Å². The van der Waals surface area contributed by atoms with Gasteiger partial charge in [0.25, 0.3) is 0 Å². The maximum atomic E-state index is 9.07. The van der Waals surface area contributed by atoms with Gasteiger partial charge in [-0.05, 0) is 19.1 Å². The van der Waals surface area contributed by atoms with Crippen LogP contribution < -0.4 is 0 Å². The molecule has 4 nitrogen and oxygen atoms in total. The molecular formula is C12H8N4S. The number of aromatic amines is 1. The van der Waals surface area contributed by atoms with Crippen LogP contribution in [0.1, 0.15) is 9.88 Å². The normalized spacial score (nSPS) is 10.6. The van der Waals surface area contributed by atoms with E-state index in [4.69, 9.17) is 5.26 Å². The molecule has 1 N–H and O–H groups in total. The summed E-state index contributed by atoms with van der Waals surface area (Å²) in [5, 5.41) is 9.97. The third-order valence-corrected chi connectivity index (χ3v) is 3.40. The van der Waals surface area contributed by atoms with Crippen molar-refractivity contribution in [3.05, 3.63) is 34.4 Å². The molecule has 82 valence electrons. The first-order valence-corrected chi connectivity index (χ1v) is 5.90. The molecule has 3 rings (SSSR count). The van der Waals surface area contributed by atoms with E-state index in [-0.39, 0.29) is 0 Å². The highest BCUT2D eigenvalue weighted by molar-refractivity contribution is 7.12. The predicted molar refractivity (Wildman–Crippen MR) is 66.7 cm³/mol. The Kier molecular flexibility index (Phi) is 2.16. The quantitative estimate of drug-likeness (QED) is 0.711. The second-order valence-electron chi connectivity index (χ2n) is 3.66. The first-order valence-electron chi connectivity index (χ1n) is 5.09. The monoisotopic (exact) mass is 240 g/mol. The fraction of sp³-hybridized carbons (Fsp3) is 0.0833. The Bertz CT molecular complexity index is 732. The Balaban J connectivity index is 2.23. The highest BCUT2D eigenvalue weighted by Crippen LogP contribution is 2.28. The zero-order valence-electron chi connectivity index (χ0n) is 9.06. The van der Waals surface area contributed by atoms with Crippen LogP contribution in [0.15, 0.2) is 24.5 Å². The minimum absolute atomic E-state index is 0.654. The molecule has 0 spiro atoms. The molecule has 0 fully saturated rings. The van der Waals surface area contributed by atoms with Gasteiger partial charge in [0.1, 0.15) is 10.9 Å². The summed E-state index contributed by atoms with van der Waals surface area (Å²) >= 11 is 1.42. The van der Waals surface area contributed by atoms with Crippen molar-refractivity contribution in [1.82, 2.24) is 15.0 Å². The van der Waals surface area contributed by atoms with Gasteiger partial charge < -0.3 is 4.98 Å². The first-order chi connectivity index (χ1) is 8.28. The lowest BCUT2D eigenvalue weighted by Gasteiger charge is -1.97. The SMILES string of the molecule is Cc1nc(-c2ccc3nc[nH]c3c2)c(C#N)s1. The van der Waals surface area contributed by atoms with Crippen LogP contribution in [-0.2, 0) is 0 Å². The van der Waals surface area contributed by atoms with Gasteiger partial charge in [-0.25, -0.2) is 9.97 Å². The predicted octanol–water partition coefficient (Wildman–Crippen LogP) is 2.87. The van der Waals surface area contributed by atoms with Crippen LogP contribution in [0.2, 0.25) is 0 Å². The van der Waals surface area contributed by atoms with Gasteiger partial charge in [-0.1, -0.05) is 6.07 Å². The largest absolute Gasteiger partial charge is 0.345 e. The zero-order chi connectivity index (χ0) is 11.8. The van der Waals surface area contributed by atoms with Crippen LogP contribution in [0.5, 0.6) is 0 Å². The Morgan fingerprint density at radius 1 is 1.41 bits per heavy atom. The number of hydrogen-bond donors (Lipinski definition) is 1. The van der Waals surface area contributed by atoms with Crippen molar-refractivity contribution < 1.29 is 0 Å². The highest BCUT2D eigenvalue weighted by Gasteiger charge is 2.11. The lowest BCUT2D eigenvalue weighted by atomic mass is 10.1. The number of rotatable bonds is 1. The molecule has 0 bridgehead atoms. The molecule has 0 atom stereocenters. The average Bonchev–Trinajstić information content (AvgIpc) is 2.93. The number of nitriles is 1. The number of fused-ring (bicyclic) bond motifs is 1. The Morgan fingerprint density at radius 3 is 3.12 bits per heavy atom. The Labute approximate surface area is 102 Å². The van der Waals surface area contributed by atoms with E-state index in [1.807, 2.05) is 25.1 Å². The van der Waals surface area contributed by atoms with Crippen molar-refractivity contribution in [3.8, 4) is 17.3 Å². The molecular weight excluding hydrogens is 232 g/mol. The summed E-state index contributed by atoms with van der Waals surface area (Å²) in [6, 6.07) is 8.03. The molecule has 0 saturated carbocycles. The number of thiazole rings is 1. The third-order valence-electron chi connectivity index (χ3n) is 2.53. The Hall–Kier alpha value is -2.19. The molecule has 17 heavy (non-hydrogen) atoms. The topological polar surface area (TPSA) is 65.4 Å². The molecule has 0 amide bonds. The number of nitrogens with zero attached hydrogens (tertiary/aromatic N) is 3. The van der Waals surface area contributed by atoms with Gasteiger partial charge in [0.2, 0.25) is 0 Å². The molecule has 0 aliphatic rings. The van der Waals surface area contributed by atoms with Crippen molar-refractivity contribution in [2.75, 3.05) is 0 Å². The number of nitrogens with one attached hydrogen (secondary N) is 1. The minimum Gasteiger partial charge on any atom is -0.345 e. The number of H-pyrrole nitrogens is 1. The fourth-order valence-electron chi connectivity index (χ4n) is 1.78. The third kappa shape index (κ3) is 1.59. The average molecular weight is 240 g/mol. The summed E-state index contributed by atoms with van der Waals surface area (Å²) in [7, 11) is 0. The highest BCUT2D eigenvalue weighted by atomic mass is 32.1. The van der Waals surface area contributed by atoms with Gasteiger partial charge in [-0.2, -0.15) is 5.26 Å². The number of benzene rings is 1. The second-order valence-corrected chi connectivity index (χ2v) is 4.86. The van der Waals surface area contributed by atoms with Crippen molar-refractivity contribution >= 4 is 22.4 Å². The molecule has 0 aliphatic heterocycles. The van der Waals surface area contributed by atoms with E-state index in [1.54, 1.807) is 6.33 Å². The standard InChI is InChI=1S/C12H8N4S/c1-7-16-12(11(5-13)17-7)8-2-3-9-10(4-8)15-6-14-9/h2-4,6H,1H3,(H,14,15). The Morgan fingerprint density at radius 2 is 2.29 bits per heavy atom. The first kappa shape index (κ1) is 10.00. The maximum Gasteiger partial charge on any atom is 0.132 e. The van der Waals surface area contributed by atoms with E-state index in [0.717, 1.165) is 27.3 Å². The summed E-state index contributed by atoms with van der Waals surface area (Å²) < 4.78 is 0. The van der Waals surface area contributed by atoms with Crippen LogP contribution in [0.4, 0.5) is 0 Å². The summed E-state index contributed by atoms with van der Waals surface area (Å²) in [6.07, 6.45) is 1.66. The second kappa shape index (κ2) is 3.68. The maximum absolute atomic E-state index is 9.07. The molecule has 3 aromatic rings. The van der Waals surface area contributed by atoms with Gasteiger partial charge >= 0.3 is 0 Å². The van der Waals surface area contributed by atoms with E-state index in [0.29, 0.717) is 4.88 Å². The summed E-state index contributed by atoms with van der Waals surface area (Å²) in [5.74, 6) is 0. The van der Waals surface area contributed by atoms with Gasteiger partial charge in [-0.3, -0.25) is 0 Å². The lowest BCUT2D eigenvalue weighted by molar-refractivity contribution is 1.29. The van der Waals surface area contributed by atoms with Gasteiger partial charge in [-0.15, -0.1) is 11.3 Å². The van der Waals surface area contributed by atoms with Crippen molar-refractivity contribution in [2.45, 2.75) is 6.92 Å².